The van der Waals surface area contributed by atoms with Gasteiger partial charge in [0.2, 0.25) is 5.91 Å². The van der Waals surface area contributed by atoms with E-state index in [1.54, 1.807) is 0 Å². The Kier molecular flexibility index (Phi) is 4.00. The van der Waals surface area contributed by atoms with Crippen LogP contribution in [0.15, 0.2) is 0 Å². The average Bonchev–Trinajstić information content (AvgIpc) is 2.15. The first-order valence-corrected chi connectivity index (χ1v) is 5.36. The van der Waals surface area contributed by atoms with Crippen molar-refractivity contribution in [3.8, 4) is 0 Å². The molecule has 0 bridgehead atoms. The van der Waals surface area contributed by atoms with Crippen LogP contribution in [0.4, 0.5) is 13.2 Å². The Labute approximate surface area is 96.2 Å². The van der Waals surface area contributed by atoms with Gasteiger partial charge in [-0.2, -0.15) is 13.2 Å². The number of hydrogen-bond acceptors (Lipinski definition) is 2. The van der Waals surface area contributed by atoms with Crippen LogP contribution in [0, 0.1) is 0 Å². The summed E-state index contributed by atoms with van der Waals surface area (Å²) in [4.78, 5) is 22.2. The van der Waals surface area contributed by atoms with Gasteiger partial charge in [0.25, 0.3) is 0 Å². The van der Waals surface area contributed by atoms with Crippen molar-refractivity contribution >= 4 is 11.9 Å². The number of carboxylic acids is 1. The molecule has 0 aliphatic heterocycles. The van der Waals surface area contributed by atoms with Crippen molar-refractivity contribution in [3.63, 3.8) is 0 Å². The average molecular weight is 253 g/mol. The van der Waals surface area contributed by atoms with Crippen molar-refractivity contribution in [2.24, 2.45) is 0 Å². The highest BCUT2D eigenvalue weighted by molar-refractivity contribution is 5.87. The van der Waals surface area contributed by atoms with Gasteiger partial charge in [0.1, 0.15) is 12.0 Å². The van der Waals surface area contributed by atoms with Crippen molar-refractivity contribution < 1.29 is 27.9 Å². The Morgan fingerprint density at radius 2 is 1.71 bits per heavy atom. The van der Waals surface area contributed by atoms with E-state index in [0.717, 1.165) is 6.42 Å². The van der Waals surface area contributed by atoms with E-state index in [-0.39, 0.29) is 12.8 Å². The van der Waals surface area contributed by atoms with E-state index < -0.39 is 30.0 Å². The number of hydrogen-bond donors (Lipinski definition) is 2. The first-order valence-electron chi connectivity index (χ1n) is 5.36. The third-order valence-electron chi connectivity index (χ3n) is 2.86. The zero-order chi connectivity index (χ0) is 13.1. The van der Waals surface area contributed by atoms with Gasteiger partial charge in [-0.3, -0.25) is 4.79 Å². The summed E-state index contributed by atoms with van der Waals surface area (Å²) >= 11 is 0. The number of carbonyl (C=O) groups is 2. The Morgan fingerprint density at radius 1 is 1.18 bits per heavy atom. The van der Waals surface area contributed by atoms with Crippen molar-refractivity contribution in [1.82, 2.24) is 5.32 Å². The number of halogens is 3. The number of aliphatic carboxylic acids is 1. The van der Waals surface area contributed by atoms with Gasteiger partial charge in [0.05, 0.1) is 0 Å². The second-order valence-corrected chi connectivity index (χ2v) is 4.29. The van der Waals surface area contributed by atoms with E-state index >= 15 is 0 Å². The lowest BCUT2D eigenvalue weighted by atomic mass is 9.81. The number of carboxylic acid groups (broad SMARTS) is 1. The van der Waals surface area contributed by atoms with E-state index in [1.165, 1.54) is 0 Å². The van der Waals surface area contributed by atoms with Gasteiger partial charge in [-0.05, 0) is 12.8 Å². The lowest BCUT2D eigenvalue weighted by Gasteiger charge is -2.34. The first kappa shape index (κ1) is 13.8. The maximum Gasteiger partial charge on any atom is 0.397 e. The molecule has 2 N–H and O–H groups in total. The fourth-order valence-corrected chi connectivity index (χ4v) is 2.04. The molecule has 0 aromatic carbocycles. The Balaban J connectivity index is 2.67. The minimum Gasteiger partial charge on any atom is -0.480 e. The number of nitrogens with one attached hydrogen (secondary N) is 1. The minimum absolute atomic E-state index is 0.186. The van der Waals surface area contributed by atoms with Crippen LogP contribution in [-0.4, -0.2) is 28.7 Å². The summed E-state index contributed by atoms with van der Waals surface area (Å²) in [6.07, 6.45) is -3.85. The molecule has 0 unspecified atom stereocenters. The Bertz CT molecular complexity index is 308. The molecule has 0 aromatic rings. The van der Waals surface area contributed by atoms with Gasteiger partial charge in [-0.15, -0.1) is 0 Å². The van der Waals surface area contributed by atoms with Crippen molar-refractivity contribution in [3.05, 3.63) is 0 Å². The van der Waals surface area contributed by atoms with E-state index in [0.29, 0.717) is 12.8 Å². The molecule has 17 heavy (non-hydrogen) atoms. The fraction of sp³-hybridized carbons (Fsp3) is 0.800. The molecule has 1 amide bonds. The van der Waals surface area contributed by atoms with Crippen molar-refractivity contribution in [2.45, 2.75) is 50.2 Å². The molecule has 0 aromatic heterocycles. The number of carbonyl (C=O) groups excluding carboxylic acids is 1. The maximum absolute atomic E-state index is 12.0. The van der Waals surface area contributed by atoms with Gasteiger partial charge in [0, 0.05) is 0 Å². The highest BCUT2D eigenvalue weighted by Crippen LogP contribution is 2.29. The zero-order valence-electron chi connectivity index (χ0n) is 9.14. The zero-order valence-corrected chi connectivity index (χ0v) is 9.14. The summed E-state index contributed by atoms with van der Waals surface area (Å²) in [7, 11) is 0. The largest absolute Gasteiger partial charge is 0.480 e. The van der Waals surface area contributed by atoms with Crippen molar-refractivity contribution in [2.75, 3.05) is 0 Å². The van der Waals surface area contributed by atoms with Crippen LogP contribution in [0.1, 0.15) is 38.5 Å². The molecule has 1 aliphatic rings. The molecule has 1 rings (SSSR count). The van der Waals surface area contributed by atoms with Crippen LogP contribution in [0.2, 0.25) is 0 Å². The summed E-state index contributed by atoms with van der Waals surface area (Å²) < 4.78 is 35.9. The van der Waals surface area contributed by atoms with Crippen LogP contribution in [0.5, 0.6) is 0 Å². The summed E-state index contributed by atoms with van der Waals surface area (Å²) in [5.74, 6) is -2.53. The van der Waals surface area contributed by atoms with Crippen LogP contribution in [0.25, 0.3) is 0 Å². The molecule has 1 saturated carbocycles. The third-order valence-corrected chi connectivity index (χ3v) is 2.86. The molecule has 0 saturated heterocycles. The van der Waals surface area contributed by atoms with Gasteiger partial charge < -0.3 is 10.4 Å². The lowest BCUT2D eigenvalue weighted by Crippen LogP contribution is -2.56. The lowest BCUT2D eigenvalue weighted by molar-refractivity contribution is -0.160. The molecule has 1 aliphatic carbocycles. The second kappa shape index (κ2) is 4.93. The van der Waals surface area contributed by atoms with Gasteiger partial charge >= 0.3 is 12.1 Å². The normalized spacial score (nSPS) is 19.7. The first-order chi connectivity index (χ1) is 7.75. The molecule has 0 radical (unpaired) electrons. The quantitative estimate of drug-likeness (QED) is 0.806. The minimum atomic E-state index is -4.61. The van der Waals surface area contributed by atoms with E-state index in [4.69, 9.17) is 5.11 Å². The Morgan fingerprint density at radius 3 is 2.12 bits per heavy atom. The molecular weight excluding hydrogens is 239 g/mol. The molecule has 98 valence electrons. The monoisotopic (exact) mass is 253 g/mol. The summed E-state index contributed by atoms with van der Waals surface area (Å²) in [6.45, 7) is 0. The van der Waals surface area contributed by atoms with E-state index in [9.17, 15) is 22.8 Å². The van der Waals surface area contributed by atoms with Crippen molar-refractivity contribution in [1.29, 1.82) is 0 Å². The Hall–Kier alpha value is -1.27. The molecule has 0 spiro atoms. The molecule has 0 heterocycles. The van der Waals surface area contributed by atoms with Crippen LogP contribution in [-0.2, 0) is 9.59 Å². The highest BCUT2D eigenvalue weighted by Gasteiger charge is 2.42. The fourth-order valence-electron chi connectivity index (χ4n) is 2.04. The summed E-state index contributed by atoms with van der Waals surface area (Å²) in [6, 6.07) is 0. The third kappa shape index (κ3) is 3.90. The SMILES string of the molecule is O=C(CC(F)(F)F)NC1(C(=O)O)CCCCC1. The molecular formula is C10H14F3NO3. The van der Waals surface area contributed by atoms with E-state index in [1.807, 2.05) is 5.32 Å². The van der Waals surface area contributed by atoms with Gasteiger partial charge in [0.15, 0.2) is 0 Å². The highest BCUT2D eigenvalue weighted by atomic mass is 19.4. The van der Waals surface area contributed by atoms with E-state index in [2.05, 4.69) is 0 Å². The maximum atomic E-state index is 12.0. The summed E-state index contributed by atoms with van der Waals surface area (Å²) in [5.41, 5.74) is -1.51. The smallest absolute Gasteiger partial charge is 0.397 e. The topological polar surface area (TPSA) is 66.4 Å². The molecule has 4 nitrogen and oxygen atoms in total. The number of rotatable bonds is 3. The van der Waals surface area contributed by atoms with Crippen LogP contribution < -0.4 is 5.32 Å². The predicted octanol–water partition coefficient (Wildman–Crippen LogP) is 1.84. The molecule has 1 fully saturated rings. The molecule has 0 atom stereocenters. The van der Waals surface area contributed by atoms with Gasteiger partial charge in [-0.1, -0.05) is 19.3 Å². The number of amides is 1. The second-order valence-electron chi connectivity index (χ2n) is 4.29. The van der Waals surface area contributed by atoms with Gasteiger partial charge in [-0.25, -0.2) is 4.79 Å². The summed E-state index contributed by atoms with van der Waals surface area (Å²) in [5, 5.41) is 11.1. The number of alkyl halides is 3. The van der Waals surface area contributed by atoms with Crippen LogP contribution in [0.3, 0.4) is 0 Å². The standard InChI is InChI=1S/C10H14F3NO3/c11-10(12,13)6-7(15)14-9(8(16)17)4-2-1-3-5-9/h1-6H2,(H,14,15)(H,16,17). The van der Waals surface area contributed by atoms with Crippen LogP contribution >= 0.6 is 0 Å². The predicted molar refractivity (Wildman–Crippen MR) is 52.3 cm³/mol. The molecule has 7 heteroatoms.